The van der Waals surface area contributed by atoms with Gasteiger partial charge < -0.3 is 0 Å². The first-order valence-electron chi connectivity index (χ1n) is 7.30. The van der Waals surface area contributed by atoms with Crippen LogP contribution in [-0.4, -0.2) is 48.6 Å². The van der Waals surface area contributed by atoms with Crippen LogP contribution in [0.2, 0.25) is 0 Å². The Hall–Kier alpha value is -1.69. The molecule has 0 amide bonds. The molecule has 1 aliphatic rings. The van der Waals surface area contributed by atoms with Gasteiger partial charge in [-0.2, -0.15) is 10.2 Å². The zero-order valence-corrected chi connectivity index (χ0v) is 12.2. The summed E-state index contributed by atoms with van der Waals surface area (Å²) in [6.45, 7) is 8.31. The Kier molecular flexibility index (Phi) is 3.82. The van der Waals surface area contributed by atoms with Crippen LogP contribution in [0.5, 0.6) is 0 Å². The lowest BCUT2D eigenvalue weighted by molar-refractivity contribution is 0.215. The molecule has 3 heterocycles. The van der Waals surface area contributed by atoms with E-state index in [1.807, 2.05) is 4.68 Å². The summed E-state index contributed by atoms with van der Waals surface area (Å²) in [5.41, 5.74) is 2.36. The average Bonchev–Trinajstić information content (AvgIpc) is 3.11. The Morgan fingerprint density at radius 1 is 1.30 bits per heavy atom. The van der Waals surface area contributed by atoms with E-state index in [4.69, 9.17) is 0 Å². The van der Waals surface area contributed by atoms with Crippen molar-refractivity contribution < 1.29 is 0 Å². The second kappa shape index (κ2) is 5.75. The highest BCUT2D eigenvalue weighted by atomic mass is 15.3. The number of aromatic nitrogens is 5. The second-order valence-electron chi connectivity index (χ2n) is 5.60. The molecule has 6 nitrogen and oxygen atoms in total. The molecule has 0 N–H and O–H groups in total. The molecule has 0 saturated carbocycles. The third-order valence-corrected chi connectivity index (χ3v) is 4.07. The predicted molar refractivity (Wildman–Crippen MR) is 76.3 cm³/mol. The van der Waals surface area contributed by atoms with E-state index >= 15 is 0 Å². The second-order valence-corrected chi connectivity index (χ2v) is 5.60. The number of likely N-dealkylation sites (tertiary alicyclic amines) is 1. The first kappa shape index (κ1) is 13.3. The molecule has 6 heteroatoms. The highest BCUT2D eigenvalue weighted by molar-refractivity contribution is 5.06. The molecule has 2 aromatic rings. The lowest BCUT2D eigenvalue weighted by Crippen LogP contribution is -2.36. The average molecular weight is 274 g/mol. The number of hydrogen-bond acceptors (Lipinski definition) is 4. The van der Waals surface area contributed by atoms with Crippen molar-refractivity contribution in [2.75, 3.05) is 13.1 Å². The molecule has 1 atom stereocenters. The van der Waals surface area contributed by atoms with Gasteiger partial charge in [0.25, 0.3) is 0 Å². The maximum Gasteiger partial charge on any atom is 0.137 e. The van der Waals surface area contributed by atoms with Gasteiger partial charge in [-0.15, -0.1) is 0 Å². The van der Waals surface area contributed by atoms with E-state index in [1.165, 1.54) is 25.1 Å². The summed E-state index contributed by atoms with van der Waals surface area (Å²) in [6, 6.07) is 2.74. The van der Waals surface area contributed by atoms with E-state index in [0.29, 0.717) is 6.04 Å². The minimum Gasteiger partial charge on any atom is -0.297 e. The van der Waals surface area contributed by atoms with Crippen LogP contribution in [-0.2, 0) is 13.1 Å². The van der Waals surface area contributed by atoms with Gasteiger partial charge in [0, 0.05) is 18.3 Å². The quantitative estimate of drug-likeness (QED) is 0.823. The fourth-order valence-electron chi connectivity index (χ4n) is 3.03. The fraction of sp³-hybridized carbons (Fsp3) is 0.643. The number of rotatable bonds is 5. The van der Waals surface area contributed by atoms with Crippen molar-refractivity contribution in [3.8, 4) is 0 Å². The minimum absolute atomic E-state index is 0.594. The summed E-state index contributed by atoms with van der Waals surface area (Å²) in [5.74, 6) is 0. The van der Waals surface area contributed by atoms with Gasteiger partial charge in [-0.05, 0) is 39.3 Å². The Labute approximate surface area is 119 Å². The number of hydrogen-bond donors (Lipinski definition) is 0. The van der Waals surface area contributed by atoms with Crippen molar-refractivity contribution in [3.63, 3.8) is 0 Å². The topological polar surface area (TPSA) is 51.8 Å². The Morgan fingerprint density at radius 3 is 2.90 bits per heavy atom. The third kappa shape index (κ3) is 2.90. The zero-order valence-electron chi connectivity index (χ0n) is 12.2. The molecule has 0 aromatic carbocycles. The van der Waals surface area contributed by atoms with Crippen LogP contribution in [0.1, 0.15) is 24.2 Å². The monoisotopic (exact) mass is 274 g/mol. The molecule has 0 radical (unpaired) electrons. The normalized spacial score (nSPS) is 19.8. The third-order valence-electron chi connectivity index (χ3n) is 4.07. The van der Waals surface area contributed by atoms with Gasteiger partial charge in [0.05, 0.1) is 18.8 Å². The maximum absolute atomic E-state index is 4.58. The summed E-state index contributed by atoms with van der Waals surface area (Å²) in [7, 11) is 0. The predicted octanol–water partition coefficient (Wildman–Crippen LogP) is 1.26. The summed E-state index contributed by atoms with van der Waals surface area (Å²) < 4.78 is 4.05. The molecule has 1 fully saturated rings. The zero-order chi connectivity index (χ0) is 13.9. The molecule has 3 rings (SSSR count). The smallest absolute Gasteiger partial charge is 0.137 e. The SMILES string of the molecule is Cc1cc(C)n(C[C@H]2CCCN2CCn2cncn2)n1. The van der Waals surface area contributed by atoms with Gasteiger partial charge in [-0.25, -0.2) is 4.98 Å². The van der Waals surface area contributed by atoms with E-state index < -0.39 is 0 Å². The molecule has 1 aliphatic heterocycles. The number of aryl methyl sites for hydroxylation is 2. The van der Waals surface area contributed by atoms with Crippen LogP contribution in [0.15, 0.2) is 18.7 Å². The number of nitrogens with zero attached hydrogens (tertiary/aromatic N) is 6. The molecule has 0 spiro atoms. The summed E-state index contributed by atoms with van der Waals surface area (Å²) in [4.78, 5) is 6.54. The first-order chi connectivity index (χ1) is 9.72. The summed E-state index contributed by atoms with van der Waals surface area (Å²) in [5, 5.41) is 8.75. The van der Waals surface area contributed by atoms with Crippen molar-refractivity contribution in [1.29, 1.82) is 0 Å². The molecule has 20 heavy (non-hydrogen) atoms. The highest BCUT2D eigenvalue weighted by Gasteiger charge is 2.25. The van der Waals surface area contributed by atoms with Gasteiger partial charge in [0.15, 0.2) is 0 Å². The van der Waals surface area contributed by atoms with Crippen LogP contribution in [0.4, 0.5) is 0 Å². The molecule has 108 valence electrons. The van der Waals surface area contributed by atoms with Gasteiger partial charge >= 0.3 is 0 Å². The van der Waals surface area contributed by atoms with E-state index in [2.05, 4.69) is 44.7 Å². The molecule has 2 aromatic heterocycles. The van der Waals surface area contributed by atoms with Crippen molar-refractivity contribution in [3.05, 3.63) is 30.1 Å². The Balaban J connectivity index is 1.59. The molecular weight excluding hydrogens is 252 g/mol. The largest absolute Gasteiger partial charge is 0.297 e. The van der Waals surface area contributed by atoms with Gasteiger partial charge in [0.2, 0.25) is 0 Å². The lowest BCUT2D eigenvalue weighted by Gasteiger charge is -2.24. The van der Waals surface area contributed by atoms with Crippen LogP contribution < -0.4 is 0 Å². The molecule has 0 bridgehead atoms. The van der Waals surface area contributed by atoms with Crippen LogP contribution in [0.25, 0.3) is 0 Å². The van der Waals surface area contributed by atoms with Gasteiger partial charge in [-0.3, -0.25) is 14.3 Å². The molecule has 0 aliphatic carbocycles. The standard InChI is InChI=1S/C14H22N6/c1-12-8-13(2)20(17-12)9-14-4-3-5-18(14)6-7-19-11-15-10-16-19/h8,10-11,14H,3-7,9H2,1-2H3/t14-/m1/s1. The van der Waals surface area contributed by atoms with Gasteiger partial charge in [-0.1, -0.05) is 0 Å². The van der Waals surface area contributed by atoms with Gasteiger partial charge in [0.1, 0.15) is 12.7 Å². The maximum atomic E-state index is 4.58. The van der Waals surface area contributed by atoms with Crippen molar-refractivity contribution >= 4 is 0 Å². The van der Waals surface area contributed by atoms with Crippen molar-refractivity contribution in [1.82, 2.24) is 29.4 Å². The summed E-state index contributed by atoms with van der Waals surface area (Å²) in [6.07, 6.45) is 5.92. The lowest BCUT2D eigenvalue weighted by atomic mass is 10.2. The van der Waals surface area contributed by atoms with E-state index in [9.17, 15) is 0 Å². The van der Waals surface area contributed by atoms with Crippen molar-refractivity contribution in [2.45, 2.75) is 45.8 Å². The minimum atomic E-state index is 0.594. The Bertz CT molecular complexity index is 544. The molecule has 1 saturated heterocycles. The van der Waals surface area contributed by atoms with Crippen LogP contribution in [0, 0.1) is 13.8 Å². The summed E-state index contributed by atoms with van der Waals surface area (Å²) >= 11 is 0. The van der Waals surface area contributed by atoms with E-state index in [0.717, 1.165) is 25.3 Å². The van der Waals surface area contributed by atoms with Crippen LogP contribution in [0.3, 0.4) is 0 Å². The molecule has 0 unspecified atom stereocenters. The van der Waals surface area contributed by atoms with Crippen LogP contribution >= 0.6 is 0 Å². The van der Waals surface area contributed by atoms with Crippen molar-refractivity contribution in [2.24, 2.45) is 0 Å². The van der Waals surface area contributed by atoms with E-state index in [1.54, 1.807) is 12.7 Å². The first-order valence-corrected chi connectivity index (χ1v) is 7.30. The van der Waals surface area contributed by atoms with E-state index in [-0.39, 0.29) is 0 Å². The fourth-order valence-corrected chi connectivity index (χ4v) is 3.03. The highest BCUT2D eigenvalue weighted by Crippen LogP contribution is 2.19. The molecular formula is C14H22N6. The Morgan fingerprint density at radius 2 is 2.20 bits per heavy atom.